The van der Waals surface area contributed by atoms with Crippen molar-refractivity contribution in [1.29, 1.82) is 0 Å². The molecule has 1 atom stereocenters. The molecule has 2 rings (SSSR count). The molecule has 2 aromatic rings. The first kappa shape index (κ1) is 16.4. The topological polar surface area (TPSA) is 12.0 Å². The molecule has 0 bridgehead atoms. The Labute approximate surface area is 137 Å². The maximum atomic E-state index is 6.26. The van der Waals surface area contributed by atoms with Crippen molar-refractivity contribution in [3.05, 3.63) is 69.7 Å². The molecule has 0 heterocycles. The third-order valence-corrected chi connectivity index (χ3v) is 4.28. The van der Waals surface area contributed by atoms with E-state index >= 15 is 0 Å². The van der Waals surface area contributed by atoms with Gasteiger partial charge in [0.15, 0.2) is 0 Å². The Morgan fingerprint density at radius 2 is 1.81 bits per heavy atom. The number of benzene rings is 2. The SMILES string of the molecule is CCNCC(CCc1ccc(Cl)cc1Cl)c1ccccc1. The molecule has 0 aliphatic rings. The Morgan fingerprint density at radius 3 is 2.48 bits per heavy atom. The number of hydrogen-bond donors (Lipinski definition) is 1. The van der Waals surface area contributed by atoms with Crippen LogP contribution in [0.4, 0.5) is 0 Å². The molecule has 2 aromatic carbocycles. The van der Waals surface area contributed by atoms with Crippen LogP contribution >= 0.6 is 23.2 Å². The second-order valence-corrected chi connectivity index (χ2v) is 6.03. The van der Waals surface area contributed by atoms with E-state index in [4.69, 9.17) is 23.2 Å². The molecule has 1 nitrogen and oxygen atoms in total. The van der Waals surface area contributed by atoms with Crippen LogP contribution in [0.15, 0.2) is 48.5 Å². The molecule has 0 saturated carbocycles. The zero-order valence-electron chi connectivity index (χ0n) is 12.3. The summed E-state index contributed by atoms with van der Waals surface area (Å²) in [6.07, 6.45) is 2.03. The summed E-state index contributed by atoms with van der Waals surface area (Å²) in [6, 6.07) is 16.4. The lowest BCUT2D eigenvalue weighted by molar-refractivity contribution is 0.562. The number of aryl methyl sites for hydroxylation is 1. The van der Waals surface area contributed by atoms with Crippen molar-refractivity contribution >= 4 is 23.2 Å². The molecule has 0 aromatic heterocycles. The Balaban J connectivity index is 2.05. The van der Waals surface area contributed by atoms with E-state index in [0.29, 0.717) is 10.9 Å². The fraction of sp³-hybridized carbons (Fsp3) is 0.333. The van der Waals surface area contributed by atoms with Crippen LogP contribution < -0.4 is 5.32 Å². The van der Waals surface area contributed by atoms with E-state index in [1.165, 1.54) is 11.1 Å². The van der Waals surface area contributed by atoms with E-state index in [-0.39, 0.29) is 0 Å². The average Bonchev–Trinajstić information content (AvgIpc) is 2.50. The van der Waals surface area contributed by atoms with Crippen LogP contribution in [0.3, 0.4) is 0 Å². The van der Waals surface area contributed by atoms with Gasteiger partial charge < -0.3 is 5.32 Å². The van der Waals surface area contributed by atoms with Crippen LogP contribution in [-0.4, -0.2) is 13.1 Å². The predicted molar refractivity (Wildman–Crippen MR) is 92.5 cm³/mol. The van der Waals surface area contributed by atoms with Gasteiger partial charge in [-0.3, -0.25) is 0 Å². The van der Waals surface area contributed by atoms with Gasteiger partial charge in [-0.05, 0) is 48.6 Å². The second-order valence-electron chi connectivity index (χ2n) is 5.19. The maximum absolute atomic E-state index is 6.26. The zero-order valence-corrected chi connectivity index (χ0v) is 13.8. The molecule has 0 spiro atoms. The van der Waals surface area contributed by atoms with Crippen molar-refractivity contribution in [1.82, 2.24) is 5.32 Å². The summed E-state index contributed by atoms with van der Waals surface area (Å²) < 4.78 is 0. The standard InChI is InChI=1S/C18H21Cl2N/c1-2-21-13-16(14-6-4-3-5-7-14)9-8-15-10-11-17(19)12-18(15)20/h3-7,10-12,16,21H,2,8-9,13H2,1H3. The predicted octanol–water partition coefficient (Wildman–Crippen LogP) is 5.32. The minimum absolute atomic E-state index is 0.498. The fourth-order valence-electron chi connectivity index (χ4n) is 2.48. The average molecular weight is 322 g/mol. The molecule has 21 heavy (non-hydrogen) atoms. The van der Waals surface area contributed by atoms with Crippen molar-refractivity contribution < 1.29 is 0 Å². The number of likely N-dealkylation sites (N-methyl/N-ethyl adjacent to an activating group) is 1. The van der Waals surface area contributed by atoms with E-state index in [9.17, 15) is 0 Å². The Morgan fingerprint density at radius 1 is 1.05 bits per heavy atom. The van der Waals surface area contributed by atoms with Gasteiger partial charge in [0.25, 0.3) is 0 Å². The highest BCUT2D eigenvalue weighted by Crippen LogP contribution is 2.26. The Hall–Kier alpha value is -1.02. The molecule has 0 radical (unpaired) electrons. The lowest BCUT2D eigenvalue weighted by Gasteiger charge is -2.18. The van der Waals surface area contributed by atoms with Gasteiger partial charge in [-0.2, -0.15) is 0 Å². The van der Waals surface area contributed by atoms with E-state index in [2.05, 4.69) is 42.6 Å². The molecule has 1 unspecified atom stereocenters. The summed E-state index contributed by atoms with van der Waals surface area (Å²) in [6.45, 7) is 4.12. The third-order valence-electron chi connectivity index (χ3n) is 3.69. The summed E-state index contributed by atoms with van der Waals surface area (Å²) in [4.78, 5) is 0. The number of halogens is 2. The minimum Gasteiger partial charge on any atom is -0.316 e. The van der Waals surface area contributed by atoms with Crippen molar-refractivity contribution in [3.8, 4) is 0 Å². The molecule has 1 N–H and O–H groups in total. The second kappa shape index (κ2) is 8.43. The van der Waals surface area contributed by atoms with Gasteiger partial charge in [0.2, 0.25) is 0 Å². The van der Waals surface area contributed by atoms with Crippen molar-refractivity contribution in [3.63, 3.8) is 0 Å². The van der Waals surface area contributed by atoms with E-state index in [1.807, 2.05) is 18.2 Å². The fourth-order valence-corrected chi connectivity index (χ4v) is 2.99. The van der Waals surface area contributed by atoms with Gasteiger partial charge in [-0.15, -0.1) is 0 Å². The largest absolute Gasteiger partial charge is 0.316 e. The van der Waals surface area contributed by atoms with E-state index in [1.54, 1.807) is 0 Å². The monoisotopic (exact) mass is 321 g/mol. The molecule has 3 heteroatoms. The van der Waals surface area contributed by atoms with Crippen molar-refractivity contribution in [2.24, 2.45) is 0 Å². The normalized spacial score (nSPS) is 12.3. The molecule has 0 amide bonds. The van der Waals surface area contributed by atoms with Gasteiger partial charge in [-0.25, -0.2) is 0 Å². The van der Waals surface area contributed by atoms with Gasteiger partial charge in [0.1, 0.15) is 0 Å². The molecular formula is C18H21Cl2N. The first-order valence-corrected chi connectivity index (χ1v) is 8.16. The summed E-state index contributed by atoms with van der Waals surface area (Å²) in [5.41, 5.74) is 2.54. The lowest BCUT2D eigenvalue weighted by Crippen LogP contribution is -2.21. The van der Waals surface area contributed by atoms with Gasteiger partial charge in [0.05, 0.1) is 0 Å². The quantitative estimate of drug-likeness (QED) is 0.727. The van der Waals surface area contributed by atoms with Crippen LogP contribution in [0, 0.1) is 0 Å². The first-order chi connectivity index (χ1) is 10.2. The smallest absolute Gasteiger partial charge is 0.0452 e. The van der Waals surface area contributed by atoms with E-state index < -0.39 is 0 Å². The zero-order chi connectivity index (χ0) is 15.1. The Bertz CT molecular complexity index is 554. The first-order valence-electron chi connectivity index (χ1n) is 7.40. The summed E-state index contributed by atoms with van der Waals surface area (Å²) in [5.74, 6) is 0.498. The van der Waals surface area contributed by atoms with Crippen LogP contribution in [0.1, 0.15) is 30.4 Å². The van der Waals surface area contributed by atoms with Crippen LogP contribution in [0.2, 0.25) is 10.0 Å². The molecule has 0 fully saturated rings. The highest BCUT2D eigenvalue weighted by molar-refractivity contribution is 6.35. The van der Waals surface area contributed by atoms with Crippen LogP contribution in [-0.2, 0) is 6.42 Å². The maximum Gasteiger partial charge on any atom is 0.0452 e. The van der Waals surface area contributed by atoms with Crippen molar-refractivity contribution in [2.75, 3.05) is 13.1 Å². The highest BCUT2D eigenvalue weighted by atomic mass is 35.5. The molecular weight excluding hydrogens is 301 g/mol. The number of nitrogens with one attached hydrogen (secondary N) is 1. The van der Waals surface area contributed by atoms with E-state index in [0.717, 1.165) is 31.0 Å². The van der Waals surface area contributed by atoms with Crippen LogP contribution in [0.25, 0.3) is 0 Å². The summed E-state index contributed by atoms with van der Waals surface area (Å²) >= 11 is 12.2. The molecule has 0 aliphatic heterocycles. The van der Waals surface area contributed by atoms with Gasteiger partial charge >= 0.3 is 0 Å². The summed E-state index contributed by atoms with van der Waals surface area (Å²) in [5, 5.41) is 4.91. The number of hydrogen-bond acceptors (Lipinski definition) is 1. The van der Waals surface area contributed by atoms with Gasteiger partial charge in [0, 0.05) is 16.6 Å². The van der Waals surface area contributed by atoms with Crippen molar-refractivity contribution in [2.45, 2.75) is 25.7 Å². The minimum atomic E-state index is 0.498. The highest BCUT2D eigenvalue weighted by Gasteiger charge is 2.12. The number of rotatable bonds is 7. The van der Waals surface area contributed by atoms with Gasteiger partial charge in [-0.1, -0.05) is 66.5 Å². The molecule has 0 saturated heterocycles. The Kier molecular flexibility index (Phi) is 6.56. The van der Waals surface area contributed by atoms with Crippen LogP contribution in [0.5, 0.6) is 0 Å². The molecule has 112 valence electrons. The lowest BCUT2D eigenvalue weighted by atomic mass is 9.92. The summed E-state index contributed by atoms with van der Waals surface area (Å²) in [7, 11) is 0. The molecule has 0 aliphatic carbocycles. The third kappa shape index (κ3) is 5.03.